The van der Waals surface area contributed by atoms with Gasteiger partial charge in [-0.3, -0.25) is 0 Å². The summed E-state index contributed by atoms with van der Waals surface area (Å²) in [5.74, 6) is 0. The average Bonchev–Trinajstić information content (AvgIpc) is 3.32. The summed E-state index contributed by atoms with van der Waals surface area (Å²) < 4.78 is 0. The zero-order chi connectivity index (χ0) is 39.3. The lowest BCUT2D eigenvalue weighted by atomic mass is 9.86. The molecule has 0 aliphatic heterocycles. The van der Waals surface area contributed by atoms with E-state index in [1.54, 1.807) is 0 Å². The highest BCUT2D eigenvalue weighted by atomic mass is 14.2. The van der Waals surface area contributed by atoms with Crippen LogP contribution in [-0.2, 0) is 0 Å². The van der Waals surface area contributed by atoms with Crippen molar-refractivity contribution in [3.63, 3.8) is 0 Å². The first-order chi connectivity index (χ1) is 29.7. The standard InChI is InChI=1S/C60H36/c1-2-7-46-33-49(23-18-37(46)6-1)48-13-5-12-47(32-48)38-14-16-39(17-15-38)50-34-51(53-28-24-44-21-19-40-8-3-10-42-26-30-55(53)59(44)57(40)42)36-52(35-50)54-29-25-45-22-20-41-9-4-11-43-27-31-56(54)60(45)58(41)43/h1-36H. The van der Waals surface area contributed by atoms with E-state index in [4.69, 9.17) is 0 Å². The van der Waals surface area contributed by atoms with Gasteiger partial charge in [-0.25, -0.2) is 0 Å². The predicted molar refractivity (Wildman–Crippen MR) is 259 cm³/mol. The number of fused-ring (bicyclic) bond motifs is 1. The molecule has 0 nitrogen and oxygen atoms in total. The van der Waals surface area contributed by atoms with Crippen LogP contribution in [0.4, 0.5) is 0 Å². The van der Waals surface area contributed by atoms with Crippen LogP contribution in [0, 0.1) is 0 Å². The van der Waals surface area contributed by atoms with E-state index >= 15 is 0 Å². The van der Waals surface area contributed by atoms with Gasteiger partial charge in [0.1, 0.15) is 0 Å². The van der Waals surface area contributed by atoms with E-state index in [1.165, 1.54) is 131 Å². The number of rotatable bonds is 5. The summed E-state index contributed by atoms with van der Waals surface area (Å²) >= 11 is 0. The zero-order valence-corrected chi connectivity index (χ0v) is 32.8. The van der Waals surface area contributed by atoms with Crippen molar-refractivity contribution in [3.8, 4) is 55.6 Å². The molecular formula is C60H36. The minimum absolute atomic E-state index is 1.20. The van der Waals surface area contributed by atoms with Gasteiger partial charge in [0.05, 0.1) is 0 Å². The monoisotopic (exact) mass is 756 g/mol. The van der Waals surface area contributed by atoms with Crippen molar-refractivity contribution in [1.29, 1.82) is 0 Å². The minimum atomic E-state index is 1.20. The smallest absolute Gasteiger partial charge is 0.00206 e. The van der Waals surface area contributed by atoms with Gasteiger partial charge in [-0.1, -0.05) is 188 Å². The van der Waals surface area contributed by atoms with Gasteiger partial charge in [-0.05, 0) is 161 Å². The van der Waals surface area contributed by atoms with Gasteiger partial charge in [0.2, 0.25) is 0 Å². The third-order valence-electron chi connectivity index (χ3n) is 13.1. The Bertz CT molecular complexity index is 3610. The van der Waals surface area contributed by atoms with E-state index in [1.807, 2.05) is 0 Å². The van der Waals surface area contributed by atoms with Gasteiger partial charge < -0.3 is 0 Å². The fourth-order valence-electron chi connectivity index (χ4n) is 10.2. The van der Waals surface area contributed by atoms with Crippen molar-refractivity contribution in [2.24, 2.45) is 0 Å². The highest BCUT2D eigenvalue weighted by Crippen LogP contribution is 2.44. The van der Waals surface area contributed by atoms with E-state index in [0.717, 1.165) is 0 Å². The van der Waals surface area contributed by atoms with Crippen LogP contribution < -0.4 is 0 Å². The molecule has 0 aliphatic rings. The van der Waals surface area contributed by atoms with Gasteiger partial charge in [0, 0.05) is 0 Å². The van der Waals surface area contributed by atoms with Crippen molar-refractivity contribution >= 4 is 75.4 Å². The molecule has 0 aromatic heterocycles. The number of hydrogen-bond acceptors (Lipinski definition) is 0. The Hall–Kier alpha value is -7.80. The second-order valence-electron chi connectivity index (χ2n) is 16.5. The minimum Gasteiger partial charge on any atom is -0.0616 e. The molecule has 276 valence electrons. The molecule has 13 aromatic rings. The van der Waals surface area contributed by atoms with E-state index in [2.05, 4.69) is 218 Å². The van der Waals surface area contributed by atoms with Crippen LogP contribution >= 0.6 is 0 Å². The van der Waals surface area contributed by atoms with Crippen LogP contribution in [0.15, 0.2) is 218 Å². The first kappa shape index (κ1) is 33.2. The molecule has 0 heterocycles. The Labute approximate surface area is 347 Å². The molecule has 0 amide bonds. The maximum Gasteiger partial charge on any atom is -0.00206 e. The molecule has 0 saturated carbocycles. The summed E-state index contributed by atoms with van der Waals surface area (Å²) in [6, 6.07) is 81.6. The van der Waals surface area contributed by atoms with Crippen molar-refractivity contribution < 1.29 is 0 Å². The topological polar surface area (TPSA) is 0 Å². The quantitative estimate of drug-likeness (QED) is 0.153. The first-order valence-corrected chi connectivity index (χ1v) is 20.9. The summed E-state index contributed by atoms with van der Waals surface area (Å²) in [5.41, 5.74) is 12.2. The molecule has 0 aliphatic carbocycles. The summed E-state index contributed by atoms with van der Waals surface area (Å²) in [5, 5.41) is 18.2. The molecule has 60 heavy (non-hydrogen) atoms. The van der Waals surface area contributed by atoms with E-state index < -0.39 is 0 Å². The van der Waals surface area contributed by atoms with E-state index in [0.29, 0.717) is 0 Å². The third kappa shape index (κ3) is 5.11. The van der Waals surface area contributed by atoms with Crippen LogP contribution in [0.1, 0.15) is 0 Å². The predicted octanol–water partition coefficient (Wildman–Crippen LogP) is 17.0. The highest BCUT2D eigenvalue weighted by molar-refractivity contribution is 6.27. The molecule has 0 unspecified atom stereocenters. The van der Waals surface area contributed by atoms with E-state index in [-0.39, 0.29) is 0 Å². The molecule has 0 N–H and O–H groups in total. The average molecular weight is 757 g/mol. The summed E-state index contributed by atoms with van der Waals surface area (Å²) in [7, 11) is 0. The highest BCUT2D eigenvalue weighted by Gasteiger charge is 2.17. The maximum atomic E-state index is 2.43. The lowest BCUT2D eigenvalue weighted by molar-refractivity contribution is 1.57. The molecular weight excluding hydrogens is 721 g/mol. The molecule has 0 radical (unpaired) electrons. The first-order valence-electron chi connectivity index (χ1n) is 20.9. The molecule has 0 heteroatoms. The molecule has 13 aromatic carbocycles. The Kier molecular flexibility index (Phi) is 7.11. The van der Waals surface area contributed by atoms with Crippen molar-refractivity contribution in [2.45, 2.75) is 0 Å². The molecule has 0 bridgehead atoms. The van der Waals surface area contributed by atoms with Crippen LogP contribution in [0.2, 0.25) is 0 Å². The van der Waals surface area contributed by atoms with Gasteiger partial charge in [0.15, 0.2) is 0 Å². The maximum absolute atomic E-state index is 2.43. The lowest BCUT2D eigenvalue weighted by Crippen LogP contribution is -1.91. The summed E-state index contributed by atoms with van der Waals surface area (Å²) in [4.78, 5) is 0. The number of hydrogen-bond donors (Lipinski definition) is 0. The Morgan fingerprint density at radius 3 is 1.08 bits per heavy atom. The van der Waals surface area contributed by atoms with Crippen molar-refractivity contribution in [1.82, 2.24) is 0 Å². The normalized spacial score (nSPS) is 12.0. The SMILES string of the molecule is c1cc(-c2ccc(-c3cc(-c4ccc5ccc6cccc7ccc4c5c67)cc(-c4ccc5ccc6cccc7ccc4c5c67)c3)cc2)cc(-c2ccc3ccccc3c2)c1. The summed E-state index contributed by atoms with van der Waals surface area (Å²) in [6.07, 6.45) is 0. The van der Waals surface area contributed by atoms with Crippen molar-refractivity contribution in [3.05, 3.63) is 218 Å². The number of benzene rings is 13. The summed E-state index contributed by atoms with van der Waals surface area (Å²) in [6.45, 7) is 0. The largest absolute Gasteiger partial charge is 0.0616 e. The molecule has 0 fully saturated rings. The second-order valence-corrected chi connectivity index (χ2v) is 16.5. The molecule has 0 saturated heterocycles. The van der Waals surface area contributed by atoms with Crippen LogP contribution in [0.3, 0.4) is 0 Å². The van der Waals surface area contributed by atoms with Gasteiger partial charge in [-0.15, -0.1) is 0 Å². The Morgan fingerprint density at radius 2 is 0.517 bits per heavy atom. The molecule has 13 rings (SSSR count). The van der Waals surface area contributed by atoms with Gasteiger partial charge >= 0.3 is 0 Å². The van der Waals surface area contributed by atoms with Crippen LogP contribution in [0.5, 0.6) is 0 Å². The zero-order valence-electron chi connectivity index (χ0n) is 32.8. The molecule has 0 spiro atoms. The third-order valence-corrected chi connectivity index (χ3v) is 13.1. The van der Waals surface area contributed by atoms with Crippen LogP contribution in [0.25, 0.3) is 131 Å². The van der Waals surface area contributed by atoms with Crippen molar-refractivity contribution in [2.75, 3.05) is 0 Å². The van der Waals surface area contributed by atoms with Gasteiger partial charge in [-0.2, -0.15) is 0 Å². The second kappa shape index (κ2) is 12.9. The van der Waals surface area contributed by atoms with Crippen LogP contribution in [-0.4, -0.2) is 0 Å². The van der Waals surface area contributed by atoms with Gasteiger partial charge in [0.25, 0.3) is 0 Å². The fraction of sp³-hybridized carbons (Fsp3) is 0. The Balaban J connectivity index is 0.984. The molecule has 0 atom stereocenters. The van der Waals surface area contributed by atoms with E-state index in [9.17, 15) is 0 Å². The Morgan fingerprint density at radius 1 is 0.167 bits per heavy atom. The fourth-order valence-corrected chi connectivity index (χ4v) is 10.2. The lowest BCUT2D eigenvalue weighted by Gasteiger charge is -2.18.